The van der Waals surface area contributed by atoms with Crippen LogP contribution in [0.5, 0.6) is 0 Å². The molecule has 0 N–H and O–H groups in total. The number of hydrogen-bond acceptors (Lipinski definition) is 2. The Hall–Kier alpha value is -5.84. The number of rotatable bonds is 3. The molecule has 56 heavy (non-hydrogen) atoms. The Kier molecular flexibility index (Phi) is 6.85. The van der Waals surface area contributed by atoms with E-state index in [0.29, 0.717) is 17.8 Å². The van der Waals surface area contributed by atoms with Crippen molar-refractivity contribution in [1.82, 2.24) is 4.48 Å². The smallest absolute Gasteiger partial charge is 0.333 e. The number of thiophene rings is 1. The van der Waals surface area contributed by atoms with E-state index in [1.165, 1.54) is 110 Å². The minimum Gasteiger partial charge on any atom is -0.375 e. The fourth-order valence-corrected chi connectivity index (χ4v) is 12.2. The molecule has 0 saturated carbocycles. The Balaban J connectivity index is 1.21. The molecule has 6 aromatic carbocycles. The molecular formula is C52H41BN2S. The molecule has 0 saturated heterocycles. The molecule has 8 aromatic rings. The van der Waals surface area contributed by atoms with Gasteiger partial charge in [-0.05, 0) is 106 Å². The zero-order valence-corrected chi connectivity index (χ0v) is 33.0. The highest BCUT2D eigenvalue weighted by molar-refractivity contribution is 7.17. The summed E-state index contributed by atoms with van der Waals surface area (Å²) >= 11 is 1.93. The monoisotopic (exact) mass is 736 g/mol. The van der Waals surface area contributed by atoms with Gasteiger partial charge in [0.1, 0.15) is 0 Å². The molecule has 0 fully saturated rings. The third-order valence-electron chi connectivity index (χ3n) is 13.4. The van der Waals surface area contributed by atoms with Crippen LogP contribution in [-0.2, 0) is 0 Å². The second kappa shape index (κ2) is 11.8. The van der Waals surface area contributed by atoms with Crippen molar-refractivity contribution in [2.45, 2.75) is 40.0 Å². The minimum absolute atomic E-state index is 0.0388. The largest absolute Gasteiger partial charge is 0.375 e. The van der Waals surface area contributed by atoms with Crippen molar-refractivity contribution in [2.24, 2.45) is 11.8 Å². The zero-order valence-electron chi connectivity index (χ0n) is 32.2. The summed E-state index contributed by atoms with van der Waals surface area (Å²) in [7, 11) is 0. The van der Waals surface area contributed by atoms with Crippen molar-refractivity contribution < 1.29 is 0 Å². The maximum absolute atomic E-state index is 2.73. The standard InChI is InChI=1S/C52H41BN2S/c1-30-12-9-13-31(2)47(30)36-23-25-45-40(26-36)41-27-37(48-32(3)14-10-15-33(48)4)28-42-50(41)55(45)53-43-24-22-35-17-6-8-20-39(35)51(43)54(46-29-56-52(42)49(46)53)44-21-11-18-34-16-5-7-19-38(34)44/h5-14,16-30,33,47H,15H2,1-4H3. The van der Waals surface area contributed by atoms with Crippen LogP contribution in [0.1, 0.15) is 51.2 Å². The average Bonchev–Trinajstić information content (AvgIpc) is 3.80. The SMILES string of the molecule is CC1=CC=CC(C)C1c1ccc2c(c1)c1cc(C3=C(C)C=CCC3C)cc3c1n2B1c2ccc4ccccc4c2N(c2cccc4ccccc24)c2csc-3c21. The highest BCUT2D eigenvalue weighted by atomic mass is 32.1. The molecule has 0 radical (unpaired) electrons. The summed E-state index contributed by atoms with van der Waals surface area (Å²) in [6, 6.07) is 42.0. The third kappa shape index (κ3) is 4.34. The van der Waals surface area contributed by atoms with E-state index in [4.69, 9.17) is 0 Å². The predicted octanol–water partition coefficient (Wildman–Crippen LogP) is 13.2. The van der Waals surface area contributed by atoms with Crippen molar-refractivity contribution in [3.63, 3.8) is 0 Å². The Morgan fingerprint density at radius 1 is 0.750 bits per heavy atom. The van der Waals surface area contributed by atoms with Gasteiger partial charge in [0.05, 0.1) is 17.1 Å². The van der Waals surface area contributed by atoms with Gasteiger partial charge in [-0.1, -0.05) is 129 Å². The molecular weight excluding hydrogens is 695 g/mol. The van der Waals surface area contributed by atoms with Gasteiger partial charge in [-0.25, -0.2) is 0 Å². The van der Waals surface area contributed by atoms with Gasteiger partial charge in [0.2, 0.25) is 0 Å². The summed E-state index contributed by atoms with van der Waals surface area (Å²) in [5.41, 5.74) is 17.7. The first kappa shape index (κ1) is 32.4. The van der Waals surface area contributed by atoms with Gasteiger partial charge in [-0.3, -0.25) is 0 Å². The van der Waals surface area contributed by atoms with Crippen molar-refractivity contribution in [3.05, 3.63) is 167 Å². The summed E-state index contributed by atoms with van der Waals surface area (Å²) in [4.78, 5) is 4.01. The van der Waals surface area contributed by atoms with Gasteiger partial charge >= 0.3 is 6.85 Å². The van der Waals surface area contributed by atoms with E-state index in [9.17, 15) is 0 Å². The lowest BCUT2D eigenvalue weighted by Crippen LogP contribution is -2.55. The summed E-state index contributed by atoms with van der Waals surface area (Å²) < 4.78 is 2.73. The molecule has 3 atom stereocenters. The summed E-state index contributed by atoms with van der Waals surface area (Å²) in [5.74, 6) is 1.28. The van der Waals surface area contributed by atoms with Crippen LogP contribution >= 0.6 is 11.3 Å². The van der Waals surface area contributed by atoms with Crippen LogP contribution in [0.25, 0.3) is 59.4 Å². The molecule has 0 amide bonds. The second-order valence-corrected chi connectivity index (χ2v) is 17.5. The van der Waals surface area contributed by atoms with E-state index in [1.807, 2.05) is 11.3 Å². The molecule has 268 valence electrons. The average molecular weight is 737 g/mol. The van der Waals surface area contributed by atoms with Gasteiger partial charge < -0.3 is 9.38 Å². The molecule has 4 aliphatic rings. The zero-order chi connectivity index (χ0) is 37.4. The van der Waals surface area contributed by atoms with Crippen LogP contribution in [0.4, 0.5) is 17.1 Å². The van der Waals surface area contributed by atoms with Gasteiger partial charge in [0.25, 0.3) is 0 Å². The maximum atomic E-state index is 2.73. The topological polar surface area (TPSA) is 8.17 Å². The summed E-state index contributed by atoms with van der Waals surface area (Å²) in [6.07, 6.45) is 12.7. The molecule has 2 aromatic heterocycles. The molecule has 12 rings (SSSR count). The number of nitrogens with zero attached hydrogens (tertiary/aromatic N) is 2. The molecule has 2 aliphatic carbocycles. The second-order valence-electron chi connectivity index (χ2n) is 16.7. The number of fused-ring (bicyclic) bond motifs is 10. The van der Waals surface area contributed by atoms with Gasteiger partial charge in [0, 0.05) is 54.3 Å². The lowest BCUT2D eigenvalue weighted by atomic mass is 9.46. The minimum atomic E-state index is 0.0388. The number of allylic oxidation sites excluding steroid dienone is 8. The van der Waals surface area contributed by atoms with E-state index in [2.05, 4.69) is 182 Å². The first-order valence-electron chi connectivity index (χ1n) is 20.2. The molecule has 4 heterocycles. The number of hydrogen-bond donors (Lipinski definition) is 0. The lowest BCUT2D eigenvalue weighted by molar-refractivity contribution is 0.606. The molecule has 3 unspecified atom stereocenters. The molecule has 2 aliphatic heterocycles. The molecule has 4 heteroatoms. The van der Waals surface area contributed by atoms with Gasteiger partial charge in [-0.2, -0.15) is 0 Å². The Morgan fingerprint density at radius 3 is 2.39 bits per heavy atom. The fraction of sp³-hybridized carbons (Fsp3) is 0.154. The van der Waals surface area contributed by atoms with Crippen molar-refractivity contribution in [3.8, 4) is 10.4 Å². The van der Waals surface area contributed by atoms with Gasteiger partial charge in [0.15, 0.2) is 0 Å². The van der Waals surface area contributed by atoms with Crippen LogP contribution < -0.4 is 15.8 Å². The predicted molar refractivity (Wildman–Crippen MR) is 243 cm³/mol. The van der Waals surface area contributed by atoms with Crippen molar-refractivity contribution >= 4 is 95.1 Å². The lowest BCUT2D eigenvalue weighted by Gasteiger charge is -2.39. The summed E-state index contributed by atoms with van der Waals surface area (Å²) in [6.45, 7) is 9.42. The van der Waals surface area contributed by atoms with E-state index in [1.54, 1.807) is 0 Å². The Labute approximate surface area is 332 Å². The number of anilines is 3. The van der Waals surface area contributed by atoms with Crippen molar-refractivity contribution in [2.75, 3.05) is 4.90 Å². The van der Waals surface area contributed by atoms with Crippen LogP contribution in [0.3, 0.4) is 0 Å². The number of aromatic nitrogens is 1. The third-order valence-corrected chi connectivity index (χ3v) is 14.5. The van der Waals surface area contributed by atoms with Gasteiger partial charge in [-0.15, -0.1) is 11.3 Å². The molecule has 2 nitrogen and oxygen atoms in total. The summed E-state index contributed by atoms with van der Waals surface area (Å²) in [5, 5.41) is 10.3. The van der Waals surface area contributed by atoms with E-state index in [0.717, 1.165) is 6.42 Å². The quantitative estimate of drug-likeness (QED) is 0.164. The Morgan fingerprint density at radius 2 is 1.55 bits per heavy atom. The van der Waals surface area contributed by atoms with Crippen LogP contribution in [0.15, 0.2) is 156 Å². The van der Waals surface area contributed by atoms with E-state index < -0.39 is 0 Å². The van der Waals surface area contributed by atoms with Crippen LogP contribution in [0, 0.1) is 11.8 Å². The maximum Gasteiger partial charge on any atom is 0.333 e. The normalized spacial score (nSPS) is 19.7. The van der Waals surface area contributed by atoms with E-state index >= 15 is 0 Å². The van der Waals surface area contributed by atoms with Crippen LogP contribution in [0.2, 0.25) is 0 Å². The fourth-order valence-electron chi connectivity index (χ4n) is 11.1. The highest BCUT2D eigenvalue weighted by Gasteiger charge is 2.45. The van der Waals surface area contributed by atoms with E-state index in [-0.39, 0.29) is 6.85 Å². The molecule has 0 bridgehead atoms. The highest BCUT2D eigenvalue weighted by Crippen LogP contribution is 2.51. The first-order chi connectivity index (χ1) is 27.5. The molecule has 0 spiro atoms. The van der Waals surface area contributed by atoms with Crippen molar-refractivity contribution in [1.29, 1.82) is 0 Å². The first-order valence-corrected chi connectivity index (χ1v) is 21.1. The number of benzene rings is 6. The van der Waals surface area contributed by atoms with Crippen LogP contribution in [-0.4, -0.2) is 11.3 Å². The Bertz CT molecular complexity index is 3140.